The van der Waals surface area contributed by atoms with Gasteiger partial charge in [-0.1, -0.05) is 47.1 Å². The van der Waals surface area contributed by atoms with Gasteiger partial charge in [0.1, 0.15) is 5.69 Å². The van der Waals surface area contributed by atoms with Gasteiger partial charge in [-0.2, -0.15) is 0 Å². The normalized spacial score (nSPS) is 11.8. The van der Waals surface area contributed by atoms with Crippen LogP contribution in [0.2, 0.25) is 5.02 Å². The first-order valence-corrected chi connectivity index (χ1v) is 9.49. The van der Waals surface area contributed by atoms with E-state index in [9.17, 15) is 4.79 Å². The second kappa shape index (κ2) is 8.24. The number of hydrogen-bond acceptors (Lipinski definition) is 4. The van der Waals surface area contributed by atoms with Gasteiger partial charge in [0.05, 0.1) is 11.7 Å². The van der Waals surface area contributed by atoms with E-state index in [1.54, 1.807) is 29.2 Å². The highest BCUT2D eigenvalue weighted by atomic mass is 35.5. The zero-order valence-electron chi connectivity index (χ0n) is 15.7. The van der Waals surface area contributed by atoms with Crippen LogP contribution in [0.5, 0.6) is 0 Å². The Hall–Kier alpha value is -3.51. The van der Waals surface area contributed by atoms with Gasteiger partial charge in [-0.25, -0.2) is 4.68 Å². The molecule has 0 bridgehead atoms. The third kappa shape index (κ3) is 4.02. The van der Waals surface area contributed by atoms with E-state index in [4.69, 9.17) is 11.6 Å². The molecule has 4 rings (SSSR count). The lowest BCUT2D eigenvalue weighted by Gasteiger charge is -2.14. The smallest absolute Gasteiger partial charge is 0.274 e. The van der Waals surface area contributed by atoms with Crippen LogP contribution in [0.25, 0.3) is 16.9 Å². The van der Waals surface area contributed by atoms with Crippen molar-refractivity contribution in [3.8, 4) is 16.9 Å². The molecular formula is C22H18ClN5O. The maximum atomic E-state index is 13.1. The lowest BCUT2D eigenvalue weighted by Crippen LogP contribution is -2.27. The molecule has 6 nitrogen and oxygen atoms in total. The number of benzene rings is 2. The molecular weight excluding hydrogens is 386 g/mol. The predicted molar refractivity (Wildman–Crippen MR) is 112 cm³/mol. The summed E-state index contributed by atoms with van der Waals surface area (Å²) in [5, 5.41) is 12.0. The second-order valence-corrected chi connectivity index (χ2v) is 6.96. The number of rotatable bonds is 5. The molecule has 2 aromatic carbocycles. The van der Waals surface area contributed by atoms with Gasteiger partial charge in [-0.15, -0.1) is 5.10 Å². The Morgan fingerprint density at radius 1 is 1.03 bits per heavy atom. The Morgan fingerprint density at radius 3 is 2.48 bits per heavy atom. The molecule has 0 saturated carbocycles. The molecule has 1 amide bonds. The van der Waals surface area contributed by atoms with E-state index in [1.807, 2.05) is 61.5 Å². The van der Waals surface area contributed by atoms with Gasteiger partial charge in [0.25, 0.3) is 5.91 Å². The monoisotopic (exact) mass is 403 g/mol. The first-order chi connectivity index (χ1) is 14.1. The summed E-state index contributed by atoms with van der Waals surface area (Å²) in [4.78, 5) is 17.2. The maximum Gasteiger partial charge on any atom is 0.274 e. The Labute approximate surface area is 173 Å². The molecule has 144 valence electrons. The molecule has 0 saturated heterocycles. The Morgan fingerprint density at radius 2 is 1.79 bits per heavy atom. The van der Waals surface area contributed by atoms with Gasteiger partial charge in [0.15, 0.2) is 5.69 Å². The summed E-state index contributed by atoms with van der Waals surface area (Å²) in [6.07, 6.45) is 3.36. The van der Waals surface area contributed by atoms with E-state index in [2.05, 4.69) is 20.6 Å². The van der Waals surface area contributed by atoms with Crippen molar-refractivity contribution in [3.63, 3.8) is 0 Å². The molecule has 29 heavy (non-hydrogen) atoms. The van der Waals surface area contributed by atoms with Crippen molar-refractivity contribution in [2.24, 2.45) is 0 Å². The number of carbonyl (C=O) groups excluding carboxylic acids is 1. The average Bonchev–Trinajstić information content (AvgIpc) is 3.21. The van der Waals surface area contributed by atoms with E-state index in [0.717, 1.165) is 16.8 Å². The molecule has 0 radical (unpaired) electrons. The highest BCUT2D eigenvalue weighted by molar-refractivity contribution is 6.30. The molecule has 0 aliphatic carbocycles. The summed E-state index contributed by atoms with van der Waals surface area (Å²) >= 11 is 6.01. The SMILES string of the molecule is C[C@@H](NC(=O)c1nnn(-c2ccc(Cl)cc2)c1-c1cccnc1)c1ccccc1. The minimum absolute atomic E-state index is 0.175. The van der Waals surface area contributed by atoms with Gasteiger partial charge >= 0.3 is 0 Å². The first-order valence-electron chi connectivity index (χ1n) is 9.11. The topological polar surface area (TPSA) is 72.7 Å². The van der Waals surface area contributed by atoms with E-state index < -0.39 is 0 Å². The zero-order valence-corrected chi connectivity index (χ0v) is 16.4. The highest BCUT2D eigenvalue weighted by Crippen LogP contribution is 2.26. The number of halogens is 1. The van der Waals surface area contributed by atoms with Crippen LogP contribution in [0.15, 0.2) is 79.1 Å². The van der Waals surface area contributed by atoms with Crippen LogP contribution in [-0.4, -0.2) is 25.9 Å². The maximum absolute atomic E-state index is 13.1. The summed E-state index contributed by atoms with van der Waals surface area (Å²) in [6, 6.07) is 20.4. The summed E-state index contributed by atoms with van der Waals surface area (Å²) < 4.78 is 1.62. The average molecular weight is 404 g/mol. The summed E-state index contributed by atoms with van der Waals surface area (Å²) in [7, 11) is 0. The lowest BCUT2D eigenvalue weighted by atomic mass is 10.1. The fraction of sp³-hybridized carbons (Fsp3) is 0.0909. The van der Waals surface area contributed by atoms with Crippen molar-refractivity contribution in [2.75, 3.05) is 0 Å². The minimum Gasteiger partial charge on any atom is -0.344 e. The van der Waals surface area contributed by atoms with E-state index in [-0.39, 0.29) is 17.6 Å². The van der Waals surface area contributed by atoms with Crippen LogP contribution in [0.4, 0.5) is 0 Å². The summed E-state index contributed by atoms with van der Waals surface area (Å²) in [6.45, 7) is 1.93. The van der Waals surface area contributed by atoms with Gasteiger partial charge in [0.2, 0.25) is 0 Å². The third-order valence-electron chi connectivity index (χ3n) is 4.54. The van der Waals surface area contributed by atoms with Crippen LogP contribution in [-0.2, 0) is 0 Å². The number of nitrogens with one attached hydrogen (secondary N) is 1. The summed E-state index contributed by atoms with van der Waals surface area (Å²) in [5.74, 6) is -0.305. The minimum atomic E-state index is -0.305. The van der Waals surface area contributed by atoms with Crippen LogP contribution >= 0.6 is 11.6 Å². The van der Waals surface area contributed by atoms with Crippen LogP contribution in [0.1, 0.15) is 29.0 Å². The van der Waals surface area contributed by atoms with Crippen molar-refractivity contribution in [2.45, 2.75) is 13.0 Å². The van der Waals surface area contributed by atoms with Crippen LogP contribution in [0.3, 0.4) is 0 Å². The van der Waals surface area contributed by atoms with Crippen molar-refractivity contribution < 1.29 is 4.79 Å². The Bertz CT molecular complexity index is 1110. The molecule has 4 aromatic rings. The quantitative estimate of drug-likeness (QED) is 0.533. The van der Waals surface area contributed by atoms with Gasteiger partial charge < -0.3 is 5.32 Å². The number of hydrogen-bond donors (Lipinski definition) is 1. The highest BCUT2D eigenvalue weighted by Gasteiger charge is 2.23. The molecule has 1 atom stereocenters. The molecule has 0 fully saturated rings. The first kappa shape index (κ1) is 18.8. The fourth-order valence-corrected chi connectivity index (χ4v) is 3.18. The zero-order chi connectivity index (χ0) is 20.2. The number of amides is 1. The molecule has 2 aromatic heterocycles. The second-order valence-electron chi connectivity index (χ2n) is 6.52. The number of nitrogens with zero attached hydrogens (tertiary/aromatic N) is 4. The van der Waals surface area contributed by atoms with E-state index in [1.165, 1.54) is 0 Å². The number of aromatic nitrogens is 4. The van der Waals surface area contributed by atoms with Gasteiger partial charge in [-0.3, -0.25) is 9.78 Å². The lowest BCUT2D eigenvalue weighted by molar-refractivity contribution is 0.0935. The van der Waals surface area contributed by atoms with E-state index >= 15 is 0 Å². The Balaban J connectivity index is 1.73. The molecule has 0 aliphatic rings. The predicted octanol–water partition coefficient (Wildman–Crippen LogP) is 4.47. The van der Waals surface area contributed by atoms with Crippen molar-refractivity contribution in [3.05, 3.63) is 95.4 Å². The van der Waals surface area contributed by atoms with E-state index in [0.29, 0.717) is 10.7 Å². The standard InChI is InChI=1S/C22H18ClN5O/c1-15(16-6-3-2-4-7-16)25-22(29)20-21(17-8-5-13-24-14-17)28(27-26-20)19-11-9-18(23)10-12-19/h2-15H,1H3,(H,25,29)/t15-/m1/s1. The molecule has 7 heteroatoms. The van der Waals surface area contributed by atoms with Crippen molar-refractivity contribution in [1.29, 1.82) is 0 Å². The number of pyridine rings is 1. The third-order valence-corrected chi connectivity index (χ3v) is 4.79. The molecule has 2 heterocycles. The van der Waals surface area contributed by atoms with Crippen molar-refractivity contribution >= 4 is 17.5 Å². The van der Waals surface area contributed by atoms with Crippen molar-refractivity contribution in [1.82, 2.24) is 25.3 Å². The van der Waals surface area contributed by atoms with Gasteiger partial charge in [-0.05, 0) is 48.9 Å². The Kier molecular flexibility index (Phi) is 5.35. The van der Waals surface area contributed by atoms with Crippen LogP contribution in [0, 0.1) is 0 Å². The molecule has 0 unspecified atom stereocenters. The molecule has 0 aliphatic heterocycles. The summed E-state index contributed by atoms with van der Waals surface area (Å²) in [5.41, 5.74) is 3.30. The van der Waals surface area contributed by atoms with Crippen LogP contribution < -0.4 is 5.32 Å². The molecule has 1 N–H and O–H groups in total. The number of carbonyl (C=O) groups is 1. The van der Waals surface area contributed by atoms with Gasteiger partial charge in [0, 0.05) is 23.0 Å². The fourth-order valence-electron chi connectivity index (χ4n) is 3.05. The largest absolute Gasteiger partial charge is 0.344 e. The molecule has 0 spiro atoms.